The Morgan fingerprint density at radius 2 is 1.90 bits per heavy atom. The van der Waals surface area contributed by atoms with Gasteiger partial charge in [0, 0.05) is 23.8 Å². The number of benzene rings is 1. The first-order chi connectivity index (χ1) is 9.81. The van der Waals surface area contributed by atoms with E-state index >= 15 is 0 Å². The van der Waals surface area contributed by atoms with E-state index in [1.54, 1.807) is 24.3 Å². The SMILES string of the molecule is CCOC1CC(Nc2ccc(S(=O)(=O)NC)cc2)C1(C)C. The van der Waals surface area contributed by atoms with Crippen molar-refractivity contribution < 1.29 is 13.2 Å². The monoisotopic (exact) mass is 312 g/mol. The van der Waals surface area contributed by atoms with Gasteiger partial charge in [-0.15, -0.1) is 0 Å². The predicted octanol–water partition coefficient (Wildman–Crippen LogP) is 2.21. The number of sulfonamides is 1. The molecule has 0 radical (unpaired) electrons. The smallest absolute Gasteiger partial charge is 0.240 e. The summed E-state index contributed by atoms with van der Waals surface area (Å²) in [6.07, 6.45) is 1.25. The Bertz CT molecular complexity index is 581. The van der Waals surface area contributed by atoms with E-state index in [1.807, 2.05) is 6.92 Å². The van der Waals surface area contributed by atoms with Crippen molar-refractivity contribution in [1.29, 1.82) is 0 Å². The summed E-state index contributed by atoms with van der Waals surface area (Å²) in [5.41, 5.74) is 1.00. The minimum absolute atomic E-state index is 0.0751. The fourth-order valence-electron chi connectivity index (χ4n) is 2.66. The van der Waals surface area contributed by atoms with E-state index in [-0.39, 0.29) is 16.4 Å². The number of nitrogens with one attached hydrogen (secondary N) is 2. The highest BCUT2D eigenvalue weighted by Gasteiger charge is 2.48. The maximum absolute atomic E-state index is 11.7. The van der Waals surface area contributed by atoms with Crippen LogP contribution in [0.25, 0.3) is 0 Å². The minimum Gasteiger partial charge on any atom is -0.382 e. The second kappa shape index (κ2) is 5.94. The zero-order valence-corrected chi connectivity index (χ0v) is 13.8. The zero-order valence-electron chi connectivity index (χ0n) is 13.0. The van der Waals surface area contributed by atoms with Crippen LogP contribution in [0.1, 0.15) is 27.2 Å². The quantitative estimate of drug-likeness (QED) is 0.845. The maximum Gasteiger partial charge on any atom is 0.240 e. The van der Waals surface area contributed by atoms with Crippen LogP contribution in [0.15, 0.2) is 29.2 Å². The van der Waals surface area contributed by atoms with Crippen LogP contribution in [0.4, 0.5) is 5.69 Å². The third-order valence-electron chi connectivity index (χ3n) is 4.32. The van der Waals surface area contributed by atoms with Gasteiger partial charge in [0.15, 0.2) is 0 Å². The number of hydrogen-bond acceptors (Lipinski definition) is 4. The van der Waals surface area contributed by atoms with Crippen molar-refractivity contribution in [2.45, 2.75) is 44.2 Å². The molecule has 1 aromatic rings. The van der Waals surface area contributed by atoms with E-state index in [1.165, 1.54) is 7.05 Å². The van der Waals surface area contributed by atoms with Crippen LogP contribution >= 0.6 is 0 Å². The van der Waals surface area contributed by atoms with Gasteiger partial charge in [-0.3, -0.25) is 0 Å². The minimum atomic E-state index is -3.37. The van der Waals surface area contributed by atoms with E-state index in [0.29, 0.717) is 6.04 Å². The lowest BCUT2D eigenvalue weighted by Gasteiger charge is -2.52. The van der Waals surface area contributed by atoms with Gasteiger partial charge in [-0.2, -0.15) is 0 Å². The number of ether oxygens (including phenoxy) is 1. The van der Waals surface area contributed by atoms with Crippen molar-refractivity contribution in [2.75, 3.05) is 19.0 Å². The molecule has 2 N–H and O–H groups in total. The Labute approximate surface area is 127 Å². The summed E-state index contributed by atoms with van der Waals surface area (Å²) in [7, 11) is -1.96. The van der Waals surface area contributed by atoms with Gasteiger partial charge in [0.25, 0.3) is 0 Å². The number of rotatable bonds is 6. The Kier molecular flexibility index (Phi) is 4.60. The molecule has 1 saturated carbocycles. The molecule has 1 fully saturated rings. The Morgan fingerprint density at radius 3 is 2.38 bits per heavy atom. The normalized spacial score (nSPS) is 24.4. The van der Waals surface area contributed by atoms with Crippen molar-refractivity contribution in [3.63, 3.8) is 0 Å². The first-order valence-corrected chi connectivity index (χ1v) is 8.71. The average Bonchev–Trinajstić information content (AvgIpc) is 2.47. The lowest BCUT2D eigenvalue weighted by atomic mass is 9.64. The third-order valence-corrected chi connectivity index (χ3v) is 5.75. The van der Waals surface area contributed by atoms with Gasteiger partial charge in [0.2, 0.25) is 10.0 Å². The van der Waals surface area contributed by atoms with Gasteiger partial charge in [0.05, 0.1) is 11.0 Å². The highest BCUT2D eigenvalue weighted by Crippen LogP contribution is 2.44. The van der Waals surface area contributed by atoms with E-state index in [9.17, 15) is 8.42 Å². The molecule has 0 heterocycles. The molecule has 0 bridgehead atoms. The molecule has 0 aromatic heterocycles. The third kappa shape index (κ3) is 3.22. The molecule has 1 aliphatic carbocycles. The first-order valence-electron chi connectivity index (χ1n) is 7.23. The van der Waals surface area contributed by atoms with Crippen LogP contribution in [0, 0.1) is 5.41 Å². The standard InChI is InChI=1S/C15H24N2O3S/c1-5-20-14-10-13(15(14,2)3)17-11-6-8-12(9-7-11)21(18,19)16-4/h6-9,13-14,16-17H,5,10H2,1-4H3. The van der Waals surface area contributed by atoms with E-state index in [0.717, 1.165) is 18.7 Å². The molecule has 0 amide bonds. The van der Waals surface area contributed by atoms with Gasteiger partial charge >= 0.3 is 0 Å². The molecule has 2 unspecified atom stereocenters. The van der Waals surface area contributed by atoms with Crippen LogP contribution in [-0.4, -0.2) is 34.2 Å². The fraction of sp³-hybridized carbons (Fsp3) is 0.600. The molecule has 5 nitrogen and oxygen atoms in total. The lowest BCUT2D eigenvalue weighted by molar-refractivity contribution is -0.0975. The predicted molar refractivity (Wildman–Crippen MR) is 83.9 cm³/mol. The lowest BCUT2D eigenvalue weighted by Crippen LogP contribution is -2.58. The average molecular weight is 312 g/mol. The number of hydrogen-bond donors (Lipinski definition) is 2. The van der Waals surface area contributed by atoms with E-state index < -0.39 is 10.0 Å². The molecule has 0 spiro atoms. The Morgan fingerprint density at radius 1 is 1.29 bits per heavy atom. The van der Waals surface area contributed by atoms with Crippen LogP contribution in [0.2, 0.25) is 0 Å². The molecule has 0 saturated heterocycles. The largest absolute Gasteiger partial charge is 0.382 e. The van der Waals surface area contributed by atoms with Gasteiger partial charge in [-0.25, -0.2) is 13.1 Å². The summed E-state index contributed by atoms with van der Waals surface area (Å²) in [5.74, 6) is 0. The summed E-state index contributed by atoms with van der Waals surface area (Å²) in [6, 6.07) is 7.16. The molecule has 21 heavy (non-hydrogen) atoms. The Balaban J connectivity index is 2.02. The maximum atomic E-state index is 11.7. The molecule has 2 rings (SSSR count). The summed E-state index contributed by atoms with van der Waals surface area (Å²) in [5, 5.41) is 3.46. The topological polar surface area (TPSA) is 67.4 Å². The van der Waals surface area contributed by atoms with Gasteiger partial charge in [0.1, 0.15) is 0 Å². The van der Waals surface area contributed by atoms with Crippen LogP contribution in [-0.2, 0) is 14.8 Å². The zero-order chi connectivity index (χ0) is 15.7. The highest BCUT2D eigenvalue weighted by molar-refractivity contribution is 7.89. The Hall–Kier alpha value is -1.11. The van der Waals surface area contributed by atoms with Crippen molar-refractivity contribution >= 4 is 15.7 Å². The van der Waals surface area contributed by atoms with Crippen LogP contribution < -0.4 is 10.0 Å². The van der Waals surface area contributed by atoms with Crippen LogP contribution in [0.5, 0.6) is 0 Å². The molecular weight excluding hydrogens is 288 g/mol. The van der Waals surface area contributed by atoms with E-state index in [2.05, 4.69) is 23.9 Å². The molecule has 2 atom stereocenters. The van der Waals surface area contributed by atoms with Gasteiger partial charge in [-0.05, 0) is 44.7 Å². The summed E-state index contributed by atoms with van der Waals surface area (Å²) in [4.78, 5) is 0.274. The summed E-state index contributed by atoms with van der Waals surface area (Å²) >= 11 is 0. The van der Waals surface area contributed by atoms with Crippen molar-refractivity contribution in [1.82, 2.24) is 4.72 Å². The molecule has 6 heteroatoms. The second-order valence-electron chi connectivity index (χ2n) is 5.93. The number of anilines is 1. The van der Waals surface area contributed by atoms with Gasteiger partial charge < -0.3 is 10.1 Å². The molecule has 0 aliphatic heterocycles. The summed E-state index contributed by atoms with van der Waals surface area (Å²) in [6.45, 7) is 7.12. The van der Waals surface area contributed by atoms with Crippen LogP contribution in [0.3, 0.4) is 0 Å². The molecular formula is C15H24N2O3S. The summed E-state index contributed by atoms with van der Waals surface area (Å²) < 4.78 is 31.4. The second-order valence-corrected chi connectivity index (χ2v) is 7.82. The molecule has 1 aliphatic rings. The molecule has 118 valence electrons. The first kappa shape index (κ1) is 16.3. The van der Waals surface area contributed by atoms with Gasteiger partial charge in [-0.1, -0.05) is 13.8 Å². The molecule has 1 aromatic carbocycles. The fourth-order valence-corrected chi connectivity index (χ4v) is 3.39. The van der Waals surface area contributed by atoms with Crippen molar-refractivity contribution in [3.05, 3.63) is 24.3 Å². The van der Waals surface area contributed by atoms with E-state index in [4.69, 9.17) is 4.74 Å². The van der Waals surface area contributed by atoms with Crippen molar-refractivity contribution in [2.24, 2.45) is 5.41 Å². The van der Waals surface area contributed by atoms with Crippen molar-refractivity contribution in [3.8, 4) is 0 Å². The highest BCUT2D eigenvalue weighted by atomic mass is 32.2.